The summed E-state index contributed by atoms with van der Waals surface area (Å²) >= 11 is 0. The summed E-state index contributed by atoms with van der Waals surface area (Å²) in [6.45, 7) is 3.65. The molecule has 0 saturated carbocycles. The maximum atomic E-state index is 12.1. The van der Waals surface area contributed by atoms with Crippen LogP contribution >= 0.6 is 0 Å². The van der Waals surface area contributed by atoms with E-state index < -0.39 is 10.0 Å². The van der Waals surface area contributed by atoms with Crippen molar-refractivity contribution in [3.8, 4) is 0 Å². The lowest BCUT2D eigenvalue weighted by molar-refractivity contribution is -0.120. The van der Waals surface area contributed by atoms with Crippen LogP contribution < -0.4 is 9.62 Å². The van der Waals surface area contributed by atoms with Crippen molar-refractivity contribution in [2.45, 2.75) is 20.3 Å². The highest BCUT2D eigenvalue weighted by Crippen LogP contribution is 2.19. The van der Waals surface area contributed by atoms with Crippen molar-refractivity contribution in [1.29, 1.82) is 0 Å². The Balaban J connectivity index is 2.01. The van der Waals surface area contributed by atoms with Crippen molar-refractivity contribution in [2.75, 3.05) is 23.7 Å². The summed E-state index contributed by atoms with van der Waals surface area (Å²) in [4.78, 5) is 23.6. The molecule has 0 fully saturated rings. The topological polar surface area (TPSA) is 83.6 Å². The Labute approximate surface area is 160 Å². The standard InChI is InChI=1S/C20H24N2O4S/c1-15-7-9-17(10-8-15)13-20(24)21-11-12-22(27(3,25)26)19-6-4-5-18(14-19)16(2)23/h4-10,14H,11-13H2,1-3H3,(H,21,24). The molecule has 0 spiro atoms. The number of hydrogen-bond acceptors (Lipinski definition) is 4. The van der Waals surface area contributed by atoms with Crippen molar-refractivity contribution in [3.05, 3.63) is 65.2 Å². The monoisotopic (exact) mass is 388 g/mol. The number of aryl methyl sites for hydroxylation is 1. The van der Waals surface area contributed by atoms with E-state index in [0.29, 0.717) is 11.3 Å². The van der Waals surface area contributed by atoms with Gasteiger partial charge in [-0.15, -0.1) is 0 Å². The van der Waals surface area contributed by atoms with Gasteiger partial charge in [-0.3, -0.25) is 13.9 Å². The summed E-state index contributed by atoms with van der Waals surface area (Å²) in [5.74, 6) is -0.318. The Morgan fingerprint density at radius 1 is 1.07 bits per heavy atom. The molecule has 0 saturated heterocycles. The molecule has 7 heteroatoms. The van der Waals surface area contributed by atoms with E-state index in [-0.39, 0.29) is 31.2 Å². The number of carbonyl (C=O) groups excluding carboxylic acids is 2. The second-order valence-electron chi connectivity index (χ2n) is 6.45. The van der Waals surface area contributed by atoms with E-state index >= 15 is 0 Å². The summed E-state index contributed by atoms with van der Waals surface area (Å²) in [5, 5.41) is 2.74. The highest BCUT2D eigenvalue weighted by atomic mass is 32.2. The molecule has 2 rings (SSSR count). The molecule has 2 aromatic carbocycles. The van der Waals surface area contributed by atoms with Crippen molar-refractivity contribution in [1.82, 2.24) is 5.32 Å². The first-order valence-corrected chi connectivity index (χ1v) is 10.4. The van der Waals surface area contributed by atoms with Crippen LogP contribution in [0.15, 0.2) is 48.5 Å². The SMILES string of the molecule is CC(=O)c1cccc(N(CCNC(=O)Cc2ccc(C)cc2)S(C)(=O)=O)c1. The number of nitrogens with one attached hydrogen (secondary N) is 1. The molecule has 27 heavy (non-hydrogen) atoms. The average Bonchev–Trinajstić information content (AvgIpc) is 2.59. The summed E-state index contributed by atoms with van der Waals surface area (Å²) in [7, 11) is -3.55. The fourth-order valence-electron chi connectivity index (χ4n) is 2.62. The predicted octanol–water partition coefficient (Wildman–Crippen LogP) is 2.32. The number of benzene rings is 2. The molecule has 0 bridgehead atoms. The first-order chi connectivity index (χ1) is 12.7. The molecule has 0 atom stereocenters. The molecule has 0 aromatic heterocycles. The molecule has 6 nitrogen and oxygen atoms in total. The van der Waals surface area contributed by atoms with Crippen LogP contribution in [0.25, 0.3) is 0 Å². The molecule has 0 heterocycles. The third kappa shape index (κ3) is 6.21. The van der Waals surface area contributed by atoms with Gasteiger partial charge in [0, 0.05) is 12.1 Å². The molecule has 0 aliphatic rings. The van der Waals surface area contributed by atoms with Crippen LogP contribution in [0.3, 0.4) is 0 Å². The fraction of sp³-hybridized carbons (Fsp3) is 0.300. The van der Waals surface area contributed by atoms with Gasteiger partial charge in [0.15, 0.2) is 5.78 Å². The van der Waals surface area contributed by atoms with Gasteiger partial charge in [-0.05, 0) is 31.5 Å². The number of hydrogen-bond donors (Lipinski definition) is 1. The molecule has 0 radical (unpaired) electrons. The Morgan fingerprint density at radius 2 is 1.74 bits per heavy atom. The quantitative estimate of drug-likeness (QED) is 0.704. The minimum Gasteiger partial charge on any atom is -0.354 e. The minimum atomic E-state index is -3.55. The molecule has 0 unspecified atom stereocenters. The second-order valence-corrected chi connectivity index (χ2v) is 8.36. The number of anilines is 1. The van der Waals surface area contributed by atoms with E-state index in [1.54, 1.807) is 18.2 Å². The molecular formula is C20H24N2O4S. The Morgan fingerprint density at radius 3 is 2.33 bits per heavy atom. The lowest BCUT2D eigenvalue weighted by Crippen LogP contribution is -2.38. The Bertz CT molecular complexity index is 921. The molecule has 0 aliphatic carbocycles. The fourth-order valence-corrected chi connectivity index (χ4v) is 3.54. The molecule has 1 amide bonds. The maximum absolute atomic E-state index is 12.1. The number of nitrogens with zero attached hydrogens (tertiary/aromatic N) is 1. The molecule has 144 valence electrons. The van der Waals surface area contributed by atoms with Gasteiger partial charge in [-0.25, -0.2) is 8.42 Å². The van der Waals surface area contributed by atoms with Gasteiger partial charge in [-0.1, -0.05) is 42.0 Å². The largest absolute Gasteiger partial charge is 0.354 e. The van der Waals surface area contributed by atoms with Gasteiger partial charge in [0.25, 0.3) is 0 Å². The van der Waals surface area contributed by atoms with E-state index in [9.17, 15) is 18.0 Å². The van der Waals surface area contributed by atoms with E-state index in [0.717, 1.165) is 17.4 Å². The minimum absolute atomic E-state index is 0.0832. The Hall–Kier alpha value is -2.67. The second kappa shape index (κ2) is 8.81. The van der Waals surface area contributed by atoms with E-state index in [1.165, 1.54) is 17.3 Å². The van der Waals surface area contributed by atoms with E-state index in [2.05, 4.69) is 5.32 Å². The van der Waals surface area contributed by atoms with Crippen LogP contribution in [0.1, 0.15) is 28.4 Å². The molecule has 2 aromatic rings. The summed E-state index contributed by atoms with van der Waals surface area (Å²) in [5.41, 5.74) is 2.85. The van der Waals surface area contributed by atoms with Gasteiger partial charge in [0.2, 0.25) is 15.9 Å². The van der Waals surface area contributed by atoms with Crippen LogP contribution in [0.5, 0.6) is 0 Å². The van der Waals surface area contributed by atoms with Gasteiger partial charge in [0.1, 0.15) is 0 Å². The van der Waals surface area contributed by atoms with Crippen molar-refractivity contribution >= 4 is 27.4 Å². The Kier molecular flexibility index (Phi) is 6.74. The third-order valence-electron chi connectivity index (χ3n) is 4.06. The van der Waals surface area contributed by atoms with Crippen LogP contribution in [0, 0.1) is 6.92 Å². The maximum Gasteiger partial charge on any atom is 0.232 e. The number of rotatable bonds is 8. The zero-order valence-corrected chi connectivity index (χ0v) is 16.5. The summed E-state index contributed by atoms with van der Waals surface area (Å²) in [6.07, 6.45) is 1.33. The summed E-state index contributed by atoms with van der Waals surface area (Å²) < 4.78 is 25.5. The normalized spacial score (nSPS) is 11.1. The van der Waals surface area contributed by atoms with Gasteiger partial charge in [0.05, 0.1) is 24.9 Å². The average molecular weight is 388 g/mol. The van der Waals surface area contributed by atoms with Gasteiger partial charge >= 0.3 is 0 Å². The number of carbonyl (C=O) groups is 2. The predicted molar refractivity (Wildman–Crippen MR) is 107 cm³/mol. The first-order valence-electron chi connectivity index (χ1n) is 8.58. The number of amides is 1. The lowest BCUT2D eigenvalue weighted by Gasteiger charge is -2.23. The zero-order chi connectivity index (χ0) is 20.0. The van der Waals surface area contributed by atoms with Crippen molar-refractivity contribution in [2.24, 2.45) is 0 Å². The zero-order valence-electron chi connectivity index (χ0n) is 15.7. The third-order valence-corrected chi connectivity index (χ3v) is 5.26. The van der Waals surface area contributed by atoms with Crippen LogP contribution in [0.4, 0.5) is 5.69 Å². The number of ketones is 1. The van der Waals surface area contributed by atoms with Gasteiger partial charge in [-0.2, -0.15) is 0 Å². The van der Waals surface area contributed by atoms with Crippen LogP contribution in [0.2, 0.25) is 0 Å². The smallest absolute Gasteiger partial charge is 0.232 e. The van der Waals surface area contributed by atoms with Crippen molar-refractivity contribution < 1.29 is 18.0 Å². The highest BCUT2D eigenvalue weighted by molar-refractivity contribution is 7.92. The van der Waals surface area contributed by atoms with Crippen molar-refractivity contribution in [3.63, 3.8) is 0 Å². The lowest BCUT2D eigenvalue weighted by atomic mass is 10.1. The van der Waals surface area contributed by atoms with E-state index in [4.69, 9.17) is 0 Å². The number of Topliss-reactive ketones (excluding diaryl/α,β-unsaturated/α-hetero) is 1. The molecule has 1 N–H and O–H groups in total. The molecule has 0 aliphatic heterocycles. The van der Waals surface area contributed by atoms with Crippen LogP contribution in [-0.2, 0) is 21.2 Å². The highest BCUT2D eigenvalue weighted by Gasteiger charge is 2.18. The number of sulfonamides is 1. The van der Waals surface area contributed by atoms with E-state index in [1.807, 2.05) is 31.2 Å². The molecular weight excluding hydrogens is 364 g/mol. The first kappa shape index (κ1) is 20.6. The summed E-state index contributed by atoms with van der Waals surface area (Å²) in [6, 6.07) is 14.1. The van der Waals surface area contributed by atoms with Crippen LogP contribution in [-0.4, -0.2) is 39.5 Å². The van der Waals surface area contributed by atoms with Gasteiger partial charge < -0.3 is 5.32 Å².